The zero-order valence-electron chi connectivity index (χ0n) is 10.8. The van der Waals surface area contributed by atoms with Gasteiger partial charge < -0.3 is 5.32 Å². The molecule has 0 spiro atoms. The van der Waals surface area contributed by atoms with Crippen LogP contribution in [0.5, 0.6) is 0 Å². The number of benzene rings is 1. The van der Waals surface area contributed by atoms with Crippen LogP contribution in [0, 0.1) is 31.3 Å². The maximum atomic E-state index is 13.5. The average molecular weight is 280 g/mol. The highest BCUT2D eigenvalue weighted by atomic mass is 19.2. The van der Waals surface area contributed by atoms with Crippen molar-refractivity contribution in [2.45, 2.75) is 13.8 Å². The van der Waals surface area contributed by atoms with Crippen molar-refractivity contribution >= 4 is 11.6 Å². The van der Waals surface area contributed by atoms with Gasteiger partial charge >= 0.3 is 0 Å². The van der Waals surface area contributed by atoms with Gasteiger partial charge in [-0.05, 0) is 37.6 Å². The lowest BCUT2D eigenvalue weighted by molar-refractivity contribution is 0.102. The number of aromatic nitrogens is 1. The van der Waals surface area contributed by atoms with Crippen LogP contribution in [-0.4, -0.2) is 10.9 Å². The lowest BCUT2D eigenvalue weighted by Crippen LogP contribution is -2.16. The number of aryl methyl sites for hydroxylation is 1. The van der Waals surface area contributed by atoms with Crippen LogP contribution >= 0.6 is 0 Å². The normalized spacial score (nSPS) is 10.4. The van der Waals surface area contributed by atoms with E-state index in [0.29, 0.717) is 16.8 Å². The molecule has 0 saturated heterocycles. The Morgan fingerprint density at radius 2 is 1.80 bits per heavy atom. The minimum Gasteiger partial charge on any atom is -0.319 e. The molecule has 0 aliphatic rings. The maximum Gasteiger partial charge on any atom is 0.256 e. The molecule has 0 atom stereocenters. The SMILES string of the molecule is Cc1nccc(C(=O)Nc2ccc(F)c(F)c2F)c1C. The Morgan fingerprint density at radius 1 is 1.10 bits per heavy atom. The number of nitrogens with zero attached hydrogens (tertiary/aromatic N) is 1. The summed E-state index contributed by atoms with van der Waals surface area (Å²) in [5.41, 5.74) is 1.17. The summed E-state index contributed by atoms with van der Waals surface area (Å²) < 4.78 is 39.4. The number of halogens is 3. The van der Waals surface area contributed by atoms with Gasteiger partial charge in [0.2, 0.25) is 0 Å². The van der Waals surface area contributed by atoms with E-state index in [2.05, 4.69) is 10.3 Å². The number of nitrogens with one attached hydrogen (secondary N) is 1. The smallest absolute Gasteiger partial charge is 0.256 e. The summed E-state index contributed by atoms with van der Waals surface area (Å²) in [4.78, 5) is 16.0. The second-order valence-corrected chi connectivity index (χ2v) is 4.25. The fraction of sp³-hybridized carbons (Fsp3) is 0.143. The molecule has 20 heavy (non-hydrogen) atoms. The molecule has 0 bridgehead atoms. The third kappa shape index (κ3) is 2.49. The van der Waals surface area contributed by atoms with Crippen molar-refractivity contribution in [2.75, 3.05) is 5.32 Å². The van der Waals surface area contributed by atoms with Crippen LogP contribution in [0.15, 0.2) is 24.4 Å². The van der Waals surface area contributed by atoms with Gasteiger partial charge in [0.25, 0.3) is 5.91 Å². The van der Waals surface area contributed by atoms with Crippen LogP contribution in [0.4, 0.5) is 18.9 Å². The first-order chi connectivity index (χ1) is 9.41. The second-order valence-electron chi connectivity index (χ2n) is 4.25. The maximum absolute atomic E-state index is 13.5. The summed E-state index contributed by atoms with van der Waals surface area (Å²) in [5.74, 6) is -4.97. The molecule has 0 aliphatic heterocycles. The summed E-state index contributed by atoms with van der Waals surface area (Å²) in [5, 5.41) is 2.21. The van der Waals surface area contributed by atoms with Crippen molar-refractivity contribution in [3.05, 3.63) is 58.7 Å². The van der Waals surface area contributed by atoms with Gasteiger partial charge in [-0.1, -0.05) is 0 Å². The lowest BCUT2D eigenvalue weighted by Gasteiger charge is -2.10. The third-order valence-electron chi connectivity index (χ3n) is 2.98. The minimum atomic E-state index is -1.62. The summed E-state index contributed by atoms with van der Waals surface area (Å²) in [7, 11) is 0. The van der Waals surface area contributed by atoms with E-state index in [4.69, 9.17) is 0 Å². The first kappa shape index (κ1) is 14.0. The highest BCUT2D eigenvalue weighted by molar-refractivity contribution is 6.05. The highest BCUT2D eigenvalue weighted by Gasteiger charge is 2.17. The van der Waals surface area contributed by atoms with Crippen LogP contribution in [0.2, 0.25) is 0 Å². The molecule has 1 aromatic carbocycles. The van der Waals surface area contributed by atoms with E-state index in [1.54, 1.807) is 13.8 Å². The van der Waals surface area contributed by atoms with Crippen molar-refractivity contribution in [1.29, 1.82) is 0 Å². The van der Waals surface area contributed by atoms with Gasteiger partial charge in [-0.2, -0.15) is 0 Å². The van der Waals surface area contributed by atoms with Crippen LogP contribution in [0.1, 0.15) is 21.6 Å². The zero-order chi connectivity index (χ0) is 14.9. The lowest BCUT2D eigenvalue weighted by atomic mass is 10.1. The Hall–Kier alpha value is -2.37. The topological polar surface area (TPSA) is 42.0 Å². The third-order valence-corrected chi connectivity index (χ3v) is 2.98. The predicted octanol–water partition coefficient (Wildman–Crippen LogP) is 3.37. The van der Waals surface area contributed by atoms with Gasteiger partial charge in [0.1, 0.15) is 0 Å². The van der Waals surface area contributed by atoms with E-state index in [-0.39, 0.29) is 0 Å². The van der Waals surface area contributed by atoms with Crippen LogP contribution in [-0.2, 0) is 0 Å². The Labute approximate surface area is 113 Å². The molecule has 0 aliphatic carbocycles. The molecule has 0 unspecified atom stereocenters. The molecular weight excluding hydrogens is 269 g/mol. The average Bonchev–Trinajstić information content (AvgIpc) is 2.42. The highest BCUT2D eigenvalue weighted by Crippen LogP contribution is 2.21. The van der Waals surface area contributed by atoms with Crippen molar-refractivity contribution in [1.82, 2.24) is 4.98 Å². The standard InChI is InChI=1S/C14H11F3N2O/c1-7-8(2)18-6-5-9(7)14(20)19-11-4-3-10(15)12(16)13(11)17/h3-6H,1-2H3,(H,19,20). The van der Waals surface area contributed by atoms with Crippen LogP contribution < -0.4 is 5.32 Å². The second kappa shape index (κ2) is 5.32. The number of anilines is 1. The summed E-state index contributed by atoms with van der Waals surface area (Å²) in [6.45, 7) is 3.42. The minimum absolute atomic E-state index is 0.293. The molecule has 1 N–H and O–H groups in total. The Kier molecular flexibility index (Phi) is 3.74. The van der Waals surface area contributed by atoms with E-state index in [1.165, 1.54) is 12.3 Å². The van der Waals surface area contributed by atoms with Crippen molar-refractivity contribution in [3.8, 4) is 0 Å². The molecule has 6 heteroatoms. The summed E-state index contributed by atoms with van der Waals surface area (Å²) in [6.07, 6.45) is 1.44. The number of hydrogen-bond acceptors (Lipinski definition) is 2. The van der Waals surface area contributed by atoms with E-state index in [1.807, 2.05) is 0 Å². The fourth-order valence-electron chi connectivity index (χ4n) is 1.70. The van der Waals surface area contributed by atoms with E-state index in [0.717, 1.165) is 12.1 Å². The summed E-state index contributed by atoms with van der Waals surface area (Å²) >= 11 is 0. The molecule has 0 saturated carbocycles. The molecule has 1 heterocycles. The number of rotatable bonds is 2. The quantitative estimate of drug-likeness (QED) is 0.857. The number of hydrogen-bond donors (Lipinski definition) is 1. The molecular formula is C14H11F3N2O. The van der Waals surface area contributed by atoms with E-state index >= 15 is 0 Å². The zero-order valence-corrected chi connectivity index (χ0v) is 10.8. The Balaban J connectivity index is 2.33. The van der Waals surface area contributed by atoms with Crippen molar-refractivity contribution in [3.63, 3.8) is 0 Å². The first-order valence-electron chi connectivity index (χ1n) is 5.79. The molecule has 1 amide bonds. The molecule has 2 aromatic rings. The first-order valence-corrected chi connectivity index (χ1v) is 5.79. The van der Waals surface area contributed by atoms with Gasteiger partial charge in [-0.15, -0.1) is 0 Å². The molecule has 3 nitrogen and oxygen atoms in total. The van der Waals surface area contributed by atoms with Crippen molar-refractivity contribution in [2.24, 2.45) is 0 Å². The monoisotopic (exact) mass is 280 g/mol. The molecule has 0 radical (unpaired) electrons. The molecule has 104 valence electrons. The van der Waals surface area contributed by atoms with Gasteiger partial charge in [-0.3, -0.25) is 9.78 Å². The molecule has 1 aromatic heterocycles. The van der Waals surface area contributed by atoms with Gasteiger partial charge in [0, 0.05) is 17.5 Å². The molecule has 0 fully saturated rings. The van der Waals surface area contributed by atoms with Gasteiger partial charge in [-0.25, -0.2) is 13.2 Å². The Bertz CT molecular complexity index is 686. The molecule has 2 rings (SSSR count). The Morgan fingerprint density at radius 3 is 2.50 bits per heavy atom. The number of pyridine rings is 1. The van der Waals surface area contributed by atoms with Gasteiger partial charge in [0.05, 0.1) is 5.69 Å². The largest absolute Gasteiger partial charge is 0.319 e. The summed E-state index contributed by atoms with van der Waals surface area (Å²) in [6, 6.07) is 3.18. The van der Waals surface area contributed by atoms with Crippen LogP contribution in [0.3, 0.4) is 0 Å². The number of carbonyl (C=O) groups is 1. The number of amides is 1. The predicted molar refractivity (Wildman–Crippen MR) is 68.0 cm³/mol. The van der Waals surface area contributed by atoms with Crippen molar-refractivity contribution < 1.29 is 18.0 Å². The van der Waals surface area contributed by atoms with E-state index in [9.17, 15) is 18.0 Å². The van der Waals surface area contributed by atoms with Crippen LogP contribution in [0.25, 0.3) is 0 Å². The van der Waals surface area contributed by atoms with E-state index < -0.39 is 29.0 Å². The number of carbonyl (C=O) groups excluding carboxylic acids is 1. The van der Waals surface area contributed by atoms with Gasteiger partial charge in [0.15, 0.2) is 17.5 Å². The fourth-order valence-corrected chi connectivity index (χ4v) is 1.70.